The number of hydrogen-bond acceptors (Lipinski definition) is 11. The molecular weight excluding hydrogens is 537 g/mol. The third kappa shape index (κ3) is 4.95. The van der Waals surface area contributed by atoms with E-state index in [1.165, 1.54) is 18.2 Å². The minimum Gasteiger partial charge on any atom is -0.479 e. The third-order valence-corrected chi connectivity index (χ3v) is 9.27. The topological polar surface area (TPSA) is 197 Å². The minimum absolute atomic E-state index is 0.00634. The highest BCUT2D eigenvalue weighted by Gasteiger charge is 2.51. The van der Waals surface area contributed by atoms with E-state index in [1.54, 1.807) is 0 Å². The van der Waals surface area contributed by atoms with Crippen LogP contribution in [0.2, 0.25) is 10.0 Å². The lowest BCUT2D eigenvalue weighted by molar-refractivity contribution is -0.139. The average molecular weight is 562 g/mol. The zero-order valence-electron chi connectivity index (χ0n) is 18.9. The summed E-state index contributed by atoms with van der Waals surface area (Å²) < 4.78 is 26.3. The van der Waals surface area contributed by atoms with Gasteiger partial charge in [-0.3, -0.25) is 9.79 Å². The number of amides is 1. The summed E-state index contributed by atoms with van der Waals surface area (Å²) in [6.07, 6.45) is 0.707. The lowest BCUT2D eigenvalue weighted by Crippen LogP contribution is -2.61. The van der Waals surface area contributed by atoms with E-state index in [4.69, 9.17) is 33.8 Å². The Morgan fingerprint density at radius 1 is 1.33 bits per heavy atom. The van der Waals surface area contributed by atoms with Crippen LogP contribution in [0.3, 0.4) is 0 Å². The van der Waals surface area contributed by atoms with Gasteiger partial charge in [0, 0.05) is 38.5 Å². The first-order valence-electron chi connectivity index (χ1n) is 11.0. The second-order valence-corrected chi connectivity index (χ2v) is 11.7. The van der Waals surface area contributed by atoms with Gasteiger partial charge in [-0.15, -0.1) is 0 Å². The summed E-state index contributed by atoms with van der Waals surface area (Å²) in [5, 5.41) is 24.9. The van der Waals surface area contributed by atoms with Crippen molar-refractivity contribution in [3.63, 3.8) is 0 Å². The number of carbonyl (C=O) groups is 2. The third-order valence-electron chi connectivity index (χ3n) is 6.16. The normalized spacial score (nSPS) is 24.9. The molecule has 3 aliphatic heterocycles. The second-order valence-electron chi connectivity index (χ2n) is 8.74. The van der Waals surface area contributed by atoms with Crippen LogP contribution in [0.5, 0.6) is 0 Å². The molecule has 3 aliphatic rings. The molecule has 1 amide bonds. The number of hydrogen-bond donors (Lipinski definition) is 6. The van der Waals surface area contributed by atoms with Crippen LogP contribution in [-0.2, 0) is 24.3 Å². The van der Waals surface area contributed by atoms with Crippen molar-refractivity contribution in [1.82, 2.24) is 21.3 Å². The number of aliphatic imine (C=N–C) groups is 1. The van der Waals surface area contributed by atoms with Crippen LogP contribution >= 0.6 is 23.2 Å². The van der Waals surface area contributed by atoms with Gasteiger partial charge in [0.2, 0.25) is 14.7 Å². The molecule has 0 radical (unpaired) electrons. The van der Waals surface area contributed by atoms with Gasteiger partial charge in [0.1, 0.15) is 10.6 Å². The van der Waals surface area contributed by atoms with Gasteiger partial charge in [-0.2, -0.15) is 0 Å². The molecule has 4 rings (SSSR count). The van der Waals surface area contributed by atoms with E-state index in [0.29, 0.717) is 19.5 Å². The van der Waals surface area contributed by atoms with Crippen molar-refractivity contribution >= 4 is 56.6 Å². The van der Waals surface area contributed by atoms with Crippen molar-refractivity contribution in [3.05, 3.63) is 28.2 Å². The molecule has 0 bridgehead atoms. The molecule has 3 atom stereocenters. The molecule has 0 saturated carbocycles. The van der Waals surface area contributed by atoms with E-state index in [0.717, 1.165) is 19.0 Å². The molecule has 2 unspecified atom stereocenters. The van der Waals surface area contributed by atoms with E-state index in [-0.39, 0.29) is 28.2 Å². The van der Waals surface area contributed by atoms with Crippen LogP contribution in [0.1, 0.15) is 12.8 Å². The second kappa shape index (κ2) is 10.0. The number of nitrogens with two attached hydrogens (primary N) is 1. The highest BCUT2D eigenvalue weighted by molar-refractivity contribution is 7.93. The number of carboxylic acid groups (broad SMARTS) is 1. The number of benzene rings is 1. The molecule has 36 heavy (non-hydrogen) atoms. The predicted octanol–water partition coefficient (Wildman–Crippen LogP) is -0.951. The zero-order valence-corrected chi connectivity index (χ0v) is 21.2. The molecule has 3 heterocycles. The molecule has 16 heteroatoms. The summed E-state index contributed by atoms with van der Waals surface area (Å²) >= 11 is 12.0. The Hall–Kier alpha value is -2.65. The molecule has 7 N–H and O–H groups in total. The van der Waals surface area contributed by atoms with E-state index in [2.05, 4.69) is 31.4 Å². The molecule has 13 nitrogen and oxygen atoms in total. The number of nitrogens with one attached hydrogen (secondary N) is 4. The van der Waals surface area contributed by atoms with Crippen molar-refractivity contribution in [2.75, 3.05) is 32.7 Å². The fourth-order valence-corrected chi connectivity index (χ4v) is 6.69. The maximum absolute atomic E-state index is 13.2. The van der Waals surface area contributed by atoms with Gasteiger partial charge >= 0.3 is 5.97 Å². The summed E-state index contributed by atoms with van der Waals surface area (Å²) in [7, 11) is -4.83. The molecule has 1 aromatic carbocycles. The van der Waals surface area contributed by atoms with E-state index in [1.807, 2.05) is 0 Å². The number of nitrogens with zero attached hydrogens (tertiary/aromatic N) is 2. The molecule has 1 aromatic rings. The van der Waals surface area contributed by atoms with Crippen LogP contribution in [0, 0.1) is 0 Å². The fraction of sp³-hybridized carbons (Fsp3) is 0.500. The van der Waals surface area contributed by atoms with Crippen molar-refractivity contribution in [1.29, 1.82) is 0 Å². The molecule has 1 fully saturated rings. The number of carboxylic acids is 1. The maximum Gasteiger partial charge on any atom is 0.341 e. The van der Waals surface area contributed by atoms with E-state index >= 15 is 0 Å². The Bertz CT molecular complexity index is 1220. The molecule has 1 spiro atoms. The Kier molecular flexibility index (Phi) is 7.35. The lowest BCUT2D eigenvalue weighted by atomic mass is 9.94. The zero-order chi connectivity index (χ0) is 26.1. The maximum atomic E-state index is 13.2. The van der Waals surface area contributed by atoms with Gasteiger partial charge in [-0.1, -0.05) is 34.4 Å². The van der Waals surface area contributed by atoms with Crippen LogP contribution in [0.25, 0.3) is 0 Å². The van der Waals surface area contributed by atoms with E-state index in [9.17, 15) is 23.1 Å². The summed E-state index contributed by atoms with van der Waals surface area (Å²) in [5.41, 5.74) is 5.08. The molecule has 0 aliphatic carbocycles. The Balaban J connectivity index is 1.38. The van der Waals surface area contributed by atoms with Crippen molar-refractivity contribution < 1.29 is 28.0 Å². The van der Waals surface area contributed by atoms with Crippen molar-refractivity contribution in [3.8, 4) is 0 Å². The number of rotatable bonds is 8. The number of guanidine groups is 1. The van der Waals surface area contributed by atoms with Crippen LogP contribution in [0.4, 0.5) is 0 Å². The lowest BCUT2D eigenvalue weighted by Gasteiger charge is -2.26. The standard InChI is InChI=1S/C20H25Cl2N7O6S/c21-12-2-1-3-13(22)15(12)36(33,34)20(23,17(31)32)10-28-16(30)14-7-19(35-29-14)6-11(27-9-19)8-26-18-24-4-5-25-18/h1-3,11,27H,4-10,23H2,(H,28,30)(H,31,32)(H2,24,25,26)/t11?,19?,20-/m0/s1. The van der Waals surface area contributed by atoms with Gasteiger partial charge < -0.3 is 36.9 Å². The largest absolute Gasteiger partial charge is 0.479 e. The van der Waals surface area contributed by atoms with Crippen molar-refractivity contribution in [2.24, 2.45) is 15.9 Å². The number of halogens is 2. The SMILES string of the molecule is N[C@](CNC(=O)C1=NOC2(CNC(CNC3=NCCN3)C2)C1)(C(=O)O)S(=O)(=O)c1c(Cl)cccc1Cl. The summed E-state index contributed by atoms with van der Waals surface area (Å²) in [5.74, 6) is -1.95. The molecule has 0 aromatic heterocycles. The molecular formula is C20H25Cl2N7O6S. The van der Waals surface area contributed by atoms with Gasteiger partial charge in [0.05, 0.1) is 23.1 Å². The summed E-state index contributed by atoms with van der Waals surface area (Å²) in [4.78, 5) is 31.0. The number of aliphatic carboxylic acids is 1. The highest BCUT2D eigenvalue weighted by atomic mass is 35.5. The first-order chi connectivity index (χ1) is 17.0. The summed E-state index contributed by atoms with van der Waals surface area (Å²) in [6, 6.07) is 3.92. The van der Waals surface area contributed by atoms with Crippen molar-refractivity contribution in [2.45, 2.75) is 34.3 Å². The first-order valence-corrected chi connectivity index (χ1v) is 13.2. The van der Waals surface area contributed by atoms with Gasteiger partial charge in [0.15, 0.2) is 11.6 Å². The number of carbonyl (C=O) groups excluding carboxylic acids is 1. The van der Waals surface area contributed by atoms with Crippen LogP contribution in [-0.4, -0.2) is 86.3 Å². The quantitative estimate of drug-likeness (QED) is 0.230. The Labute approximate surface area is 216 Å². The first kappa shape index (κ1) is 26.4. The minimum atomic E-state index is -4.83. The molecule has 1 saturated heterocycles. The predicted molar refractivity (Wildman–Crippen MR) is 132 cm³/mol. The Morgan fingerprint density at radius 2 is 2.06 bits per heavy atom. The Morgan fingerprint density at radius 3 is 2.69 bits per heavy atom. The van der Waals surface area contributed by atoms with Gasteiger partial charge in [-0.25, -0.2) is 13.2 Å². The molecule has 196 valence electrons. The van der Waals surface area contributed by atoms with E-state index < -0.39 is 43.6 Å². The van der Waals surface area contributed by atoms with Crippen LogP contribution < -0.4 is 27.0 Å². The smallest absolute Gasteiger partial charge is 0.341 e. The summed E-state index contributed by atoms with van der Waals surface area (Å²) in [6.45, 7) is 1.58. The van der Waals surface area contributed by atoms with Gasteiger partial charge in [0.25, 0.3) is 5.91 Å². The monoisotopic (exact) mass is 561 g/mol. The van der Waals surface area contributed by atoms with Crippen LogP contribution in [0.15, 0.2) is 33.2 Å². The highest BCUT2D eigenvalue weighted by Crippen LogP contribution is 2.35. The number of oxime groups is 1. The number of sulfone groups is 1. The van der Waals surface area contributed by atoms with Gasteiger partial charge in [-0.05, 0) is 12.1 Å². The average Bonchev–Trinajstić information content (AvgIpc) is 3.57. The fourth-order valence-electron chi connectivity index (χ4n) is 4.17.